The van der Waals surface area contributed by atoms with Crippen molar-refractivity contribution < 1.29 is 14.3 Å². The summed E-state index contributed by atoms with van der Waals surface area (Å²) in [6.07, 6.45) is -0.117. The van der Waals surface area contributed by atoms with Gasteiger partial charge in [-0.2, -0.15) is 0 Å². The Hall–Kier alpha value is -2.50. The summed E-state index contributed by atoms with van der Waals surface area (Å²) in [4.78, 5) is 24.9. The van der Waals surface area contributed by atoms with Crippen LogP contribution in [0.4, 0.5) is 4.79 Å². The zero-order valence-corrected chi connectivity index (χ0v) is 9.55. The third-order valence-corrected chi connectivity index (χ3v) is 2.66. The first-order valence-electron chi connectivity index (χ1n) is 5.38. The zero-order valence-electron chi connectivity index (χ0n) is 9.55. The van der Waals surface area contributed by atoms with E-state index in [0.29, 0.717) is 0 Å². The molecule has 0 radical (unpaired) electrons. The molecule has 1 heterocycles. The predicted octanol–water partition coefficient (Wildman–Crippen LogP) is 0.660. The highest BCUT2D eigenvalue weighted by atomic mass is 16.6. The first-order chi connectivity index (χ1) is 8.58. The maximum atomic E-state index is 11.2. The number of H-pyrrole nitrogens is 1. The molecule has 0 bridgehead atoms. The topological polar surface area (TPSA) is 111 Å². The molecule has 0 saturated carbocycles. The molecule has 2 rings (SSSR count). The van der Waals surface area contributed by atoms with Crippen molar-refractivity contribution in [2.75, 3.05) is 0 Å². The number of hydrogen-bond acceptors (Lipinski definition) is 3. The quantitative estimate of drug-likeness (QED) is 0.737. The number of carbonyl (C=O) groups is 2. The van der Waals surface area contributed by atoms with Crippen LogP contribution in [0.5, 0.6) is 0 Å². The Bertz CT molecular complexity index is 591. The Morgan fingerprint density at radius 3 is 2.67 bits per heavy atom. The number of aromatic nitrogens is 1. The molecular weight excluding hydrogens is 234 g/mol. The molecule has 0 aliphatic heterocycles. The maximum absolute atomic E-state index is 11.2. The number of primary amides is 2. The molecule has 1 atom stereocenters. The molecular formula is C12H13N3O3. The van der Waals surface area contributed by atoms with Gasteiger partial charge in [-0.25, -0.2) is 4.79 Å². The Kier molecular flexibility index (Phi) is 3.18. The van der Waals surface area contributed by atoms with Crippen LogP contribution in [0.25, 0.3) is 10.9 Å². The normalized spacial score (nSPS) is 12.2. The molecule has 18 heavy (non-hydrogen) atoms. The number of nitrogens with one attached hydrogen (secondary N) is 1. The second kappa shape index (κ2) is 4.79. The van der Waals surface area contributed by atoms with Gasteiger partial charge in [0.1, 0.15) is 0 Å². The van der Waals surface area contributed by atoms with E-state index >= 15 is 0 Å². The fraction of sp³-hybridized carbons (Fsp3) is 0.167. The number of ether oxygens (including phenoxy) is 1. The van der Waals surface area contributed by atoms with Gasteiger partial charge in [-0.3, -0.25) is 4.79 Å². The fourth-order valence-electron chi connectivity index (χ4n) is 1.84. The Balaban J connectivity index is 2.26. The molecule has 0 fully saturated rings. The summed E-state index contributed by atoms with van der Waals surface area (Å²) in [6, 6.07) is 7.60. The number of para-hydroxylation sites is 1. The van der Waals surface area contributed by atoms with Crippen molar-refractivity contribution in [3.05, 3.63) is 36.0 Å². The van der Waals surface area contributed by atoms with E-state index < -0.39 is 18.1 Å². The van der Waals surface area contributed by atoms with Crippen LogP contribution in [0.1, 0.15) is 5.56 Å². The third-order valence-electron chi connectivity index (χ3n) is 2.66. The summed E-state index contributed by atoms with van der Waals surface area (Å²) in [6.45, 7) is 0. The molecule has 5 N–H and O–H groups in total. The first-order valence-corrected chi connectivity index (χ1v) is 5.38. The van der Waals surface area contributed by atoms with E-state index in [1.165, 1.54) is 0 Å². The molecule has 2 amide bonds. The van der Waals surface area contributed by atoms with Crippen LogP contribution < -0.4 is 11.5 Å². The minimum Gasteiger partial charge on any atom is -0.436 e. The number of aromatic amines is 1. The zero-order chi connectivity index (χ0) is 13.1. The summed E-state index contributed by atoms with van der Waals surface area (Å²) in [5.41, 5.74) is 11.8. The van der Waals surface area contributed by atoms with Gasteiger partial charge in [-0.1, -0.05) is 18.2 Å². The average molecular weight is 247 g/mol. The molecule has 0 saturated heterocycles. The number of amides is 2. The molecule has 2 aromatic rings. The molecule has 0 spiro atoms. The number of fused-ring (bicyclic) bond motifs is 1. The van der Waals surface area contributed by atoms with Crippen molar-refractivity contribution in [3.8, 4) is 0 Å². The maximum Gasteiger partial charge on any atom is 0.405 e. The summed E-state index contributed by atoms with van der Waals surface area (Å²) < 4.78 is 4.68. The summed E-state index contributed by atoms with van der Waals surface area (Å²) in [5, 5.41) is 0.955. The number of carbonyl (C=O) groups excluding carboxylic acids is 2. The second-order valence-corrected chi connectivity index (χ2v) is 3.89. The van der Waals surface area contributed by atoms with Crippen molar-refractivity contribution in [2.24, 2.45) is 11.5 Å². The van der Waals surface area contributed by atoms with Gasteiger partial charge >= 0.3 is 6.09 Å². The molecule has 6 heteroatoms. The number of benzene rings is 1. The van der Waals surface area contributed by atoms with E-state index in [4.69, 9.17) is 11.5 Å². The smallest absolute Gasteiger partial charge is 0.405 e. The van der Waals surface area contributed by atoms with Gasteiger partial charge in [0.25, 0.3) is 5.91 Å². The van der Waals surface area contributed by atoms with Gasteiger partial charge in [0.2, 0.25) is 0 Å². The monoisotopic (exact) mass is 247 g/mol. The highest BCUT2D eigenvalue weighted by molar-refractivity contribution is 5.86. The van der Waals surface area contributed by atoms with Gasteiger partial charge in [0, 0.05) is 23.5 Å². The number of rotatable bonds is 4. The molecule has 1 aromatic carbocycles. The number of hydrogen-bond donors (Lipinski definition) is 3. The Morgan fingerprint density at radius 2 is 2.00 bits per heavy atom. The summed E-state index contributed by atoms with van der Waals surface area (Å²) in [7, 11) is 0. The molecule has 0 aliphatic carbocycles. The van der Waals surface area contributed by atoms with Gasteiger partial charge in [-0.05, 0) is 11.6 Å². The van der Waals surface area contributed by atoms with Crippen LogP contribution in [0.3, 0.4) is 0 Å². The van der Waals surface area contributed by atoms with Crippen LogP contribution in [0.2, 0.25) is 0 Å². The average Bonchev–Trinajstić information content (AvgIpc) is 2.71. The van der Waals surface area contributed by atoms with Crippen molar-refractivity contribution in [1.82, 2.24) is 4.98 Å². The molecule has 1 aromatic heterocycles. The van der Waals surface area contributed by atoms with Gasteiger partial charge in [0.05, 0.1) is 0 Å². The van der Waals surface area contributed by atoms with Gasteiger partial charge in [0.15, 0.2) is 6.10 Å². The van der Waals surface area contributed by atoms with E-state index in [1.807, 2.05) is 24.3 Å². The van der Waals surface area contributed by atoms with Crippen LogP contribution in [-0.2, 0) is 16.0 Å². The standard InChI is InChI=1S/C12H13N3O3/c13-11(16)10(18-12(14)17)5-7-6-15-9-4-2-1-3-8(7)9/h1-4,6,10,15H,5H2,(H2,13,16)(H2,14,17). The SMILES string of the molecule is NC(=O)OC(Cc1c[nH]c2ccccc12)C(N)=O. The van der Waals surface area contributed by atoms with Crippen molar-refractivity contribution in [3.63, 3.8) is 0 Å². The fourth-order valence-corrected chi connectivity index (χ4v) is 1.84. The first kappa shape index (κ1) is 12.0. The Labute approximate surface area is 103 Å². The molecule has 1 unspecified atom stereocenters. The van der Waals surface area contributed by atoms with E-state index in [1.54, 1.807) is 6.20 Å². The van der Waals surface area contributed by atoms with Crippen molar-refractivity contribution in [1.29, 1.82) is 0 Å². The van der Waals surface area contributed by atoms with Crippen LogP contribution >= 0.6 is 0 Å². The van der Waals surface area contributed by atoms with E-state index in [0.717, 1.165) is 16.5 Å². The summed E-state index contributed by atoms with van der Waals surface area (Å²) in [5.74, 6) is -0.723. The van der Waals surface area contributed by atoms with Gasteiger partial charge in [-0.15, -0.1) is 0 Å². The van der Waals surface area contributed by atoms with Crippen LogP contribution in [-0.4, -0.2) is 23.1 Å². The van der Waals surface area contributed by atoms with E-state index in [2.05, 4.69) is 9.72 Å². The summed E-state index contributed by atoms with van der Waals surface area (Å²) >= 11 is 0. The second-order valence-electron chi connectivity index (χ2n) is 3.89. The minimum absolute atomic E-state index is 0.197. The highest BCUT2D eigenvalue weighted by Gasteiger charge is 2.21. The lowest BCUT2D eigenvalue weighted by atomic mass is 10.1. The largest absolute Gasteiger partial charge is 0.436 e. The molecule has 6 nitrogen and oxygen atoms in total. The number of nitrogens with two attached hydrogens (primary N) is 2. The predicted molar refractivity (Wildman–Crippen MR) is 65.7 cm³/mol. The highest BCUT2D eigenvalue weighted by Crippen LogP contribution is 2.19. The lowest BCUT2D eigenvalue weighted by Crippen LogP contribution is -2.36. The van der Waals surface area contributed by atoms with E-state index in [-0.39, 0.29) is 6.42 Å². The van der Waals surface area contributed by atoms with Crippen molar-refractivity contribution >= 4 is 22.9 Å². The molecule has 0 aliphatic rings. The van der Waals surface area contributed by atoms with E-state index in [9.17, 15) is 9.59 Å². The van der Waals surface area contributed by atoms with Crippen LogP contribution in [0, 0.1) is 0 Å². The van der Waals surface area contributed by atoms with Gasteiger partial charge < -0.3 is 21.2 Å². The lowest BCUT2D eigenvalue weighted by molar-refractivity contribution is -0.126. The lowest BCUT2D eigenvalue weighted by Gasteiger charge is -2.12. The molecule has 94 valence electrons. The third kappa shape index (κ3) is 2.42. The van der Waals surface area contributed by atoms with Crippen molar-refractivity contribution in [2.45, 2.75) is 12.5 Å². The minimum atomic E-state index is -1.05. The van der Waals surface area contributed by atoms with Crippen LogP contribution in [0.15, 0.2) is 30.5 Å². The Morgan fingerprint density at radius 1 is 1.28 bits per heavy atom.